The van der Waals surface area contributed by atoms with Crippen molar-refractivity contribution in [3.63, 3.8) is 0 Å². The first-order chi connectivity index (χ1) is 4.54. The fourth-order valence-corrected chi connectivity index (χ4v) is 0.575. The molecule has 0 amide bonds. The molecule has 0 fully saturated rings. The predicted octanol–water partition coefficient (Wildman–Crippen LogP) is 1.89. The van der Waals surface area contributed by atoms with Gasteiger partial charge < -0.3 is 4.74 Å². The second-order valence-corrected chi connectivity index (χ2v) is 2.77. The monoisotopic (exact) mass is 143 g/mol. The summed E-state index contributed by atoms with van der Waals surface area (Å²) >= 11 is 0. The lowest BCUT2D eigenvalue weighted by molar-refractivity contribution is 0.0821. The molecule has 0 aliphatic rings. The Morgan fingerprint density at radius 2 is 2.00 bits per heavy atom. The molecule has 0 rings (SSSR count). The second-order valence-electron chi connectivity index (χ2n) is 2.77. The van der Waals surface area contributed by atoms with Gasteiger partial charge in [-0.05, 0) is 27.7 Å². The van der Waals surface area contributed by atoms with Crippen LogP contribution in [0.25, 0.3) is 0 Å². The highest BCUT2D eigenvalue weighted by atomic mass is 16.5. The van der Waals surface area contributed by atoms with Crippen molar-refractivity contribution >= 4 is 5.71 Å². The van der Waals surface area contributed by atoms with E-state index in [0.29, 0.717) is 0 Å². The van der Waals surface area contributed by atoms with E-state index < -0.39 is 0 Å². The number of aliphatic imine (C=N–C) groups is 1. The Labute approximate surface area is 63.3 Å². The molecule has 2 nitrogen and oxygen atoms in total. The quantitative estimate of drug-likeness (QED) is 0.553. The summed E-state index contributed by atoms with van der Waals surface area (Å²) in [6.45, 7) is 8.88. The summed E-state index contributed by atoms with van der Waals surface area (Å²) in [6.07, 6.45) is 0. The van der Waals surface area contributed by atoms with Gasteiger partial charge in [-0.2, -0.15) is 0 Å². The average Bonchev–Trinajstić information content (AvgIpc) is 1.89. The van der Waals surface area contributed by atoms with E-state index in [1.54, 1.807) is 7.11 Å². The number of nitrogens with zero attached hydrogens (tertiary/aromatic N) is 1. The molecule has 0 spiro atoms. The third-order valence-corrected chi connectivity index (χ3v) is 1.78. The van der Waals surface area contributed by atoms with E-state index in [-0.39, 0.29) is 5.60 Å². The van der Waals surface area contributed by atoms with Crippen LogP contribution in [0.3, 0.4) is 0 Å². The molecule has 0 aliphatic heterocycles. The van der Waals surface area contributed by atoms with Gasteiger partial charge >= 0.3 is 0 Å². The van der Waals surface area contributed by atoms with Crippen molar-refractivity contribution in [3.8, 4) is 0 Å². The predicted molar refractivity (Wildman–Crippen MR) is 44.7 cm³/mol. The number of rotatable bonds is 3. The summed E-state index contributed by atoms with van der Waals surface area (Å²) in [5.41, 5.74) is 0.855. The molecule has 0 radical (unpaired) electrons. The minimum absolute atomic E-state index is 0.198. The van der Waals surface area contributed by atoms with Crippen LogP contribution >= 0.6 is 0 Å². The van der Waals surface area contributed by atoms with Crippen molar-refractivity contribution in [1.82, 2.24) is 0 Å². The zero-order valence-corrected chi connectivity index (χ0v) is 7.56. The van der Waals surface area contributed by atoms with Crippen molar-refractivity contribution in [1.29, 1.82) is 0 Å². The Balaban J connectivity index is 4.17. The Hall–Kier alpha value is -0.370. The molecular weight excluding hydrogens is 126 g/mol. The zero-order chi connectivity index (χ0) is 8.20. The Kier molecular flexibility index (Phi) is 3.58. The van der Waals surface area contributed by atoms with Crippen LogP contribution in [0.2, 0.25) is 0 Å². The number of ether oxygens (including phenoxy) is 1. The smallest absolute Gasteiger partial charge is 0.0994 e. The summed E-state index contributed by atoms with van der Waals surface area (Å²) in [4.78, 5) is 4.26. The van der Waals surface area contributed by atoms with Crippen LogP contribution in [0.4, 0.5) is 0 Å². The van der Waals surface area contributed by atoms with Crippen molar-refractivity contribution in [2.45, 2.75) is 33.3 Å². The van der Waals surface area contributed by atoms with Crippen LogP contribution in [0.5, 0.6) is 0 Å². The molecule has 0 saturated carbocycles. The van der Waals surface area contributed by atoms with Crippen molar-refractivity contribution in [2.24, 2.45) is 4.99 Å². The lowest BCUT2D eigenvalue weighted by Gasteiger charge is -2.22. The minimum atomic E-state index is -0.198. The molecule has 0 aromatic rings. The molecule has 10 heavy (non-hydrogen) atoms. The van der Waals surface area contributed by atoms with Crippen molar-refractivity contribution in [3.05, 3.63) is 0 Å². The standard InChI is InChI=1S/C8H17NO/c1-6-9-7(2)8(3,4)10-5/h6H2,1-5H3. The van der Waals surface area contributed by atoms with Crippen LogP contribution in [0.1, 0.15) is 27.7 Å². The van der Waals surface area contributed by atoms with E-state index >= 15 is 0 Å². The highest BCUT2D eigenvalue weighted by Gasteiger charge is 2.19. The minimum Gasteiger partial charge on any atom is -0.373 e. The largest absolute Gasteiger partial charge is 0.373 e. The van der Waals surface area contributed by atoms with Crippen LogP contribution in [0, 0.1) is 0 Å². The molecule has 2 heteroatoms. The van der Waals surface area contributed by atoms with Gasteiger partial charge in [0.2, 0.25) is 0 Å². The van der Waals surface area contributed by atoms with Crippen LogP contribution < -0.4 is 0 Å². The van der Waals surface area contributed by atoms with E-state index in [1.807, 2.05) is 27.7 Å². The van der Waals surface area contributed by atoms with Gasteiger partial charge in [0.15, 0.2) is 0 Å². The molecule has 0 bridgehead atoms. The molecule has 0 atom stereocenters. The first-order valence-electron chi connectivity index (χ1n) is 3.61. The van der Waals surface area contributed by atoms with Crippen LogP contribution in [0.15, 0.2) is 4.99 Å². The van der Waals surface area contributed by atoms with Crippen LogP contribution in [-0.2, 0) is 4.74 Å². The summed E-state index contributed by atoms with van der Waals surface area (Å²) in [5.74, 6) is 0. The molecule has 60 valence electrons. The second kappa shape index (κ2) is 3.71. The van der Waals surface area contributed by atoms with E-state index in [0.717, 1.165) is 12.3 Å². The van der Waals surface area contributed by atoms with Gasteiger partial charge in [-0.15, -0.1) is 0 Å². The van der Waals surface area contributed by atoms with E-state index in [1.165, 1.54) is 0 Å². The fraction of sp³-hybridized carbons (Fsp3) is 0.875. The van der Waals surface area contributed by atoms with E-state index in [4.69, 9.17) is 4.74 Å². The number of hydrogen-bond acceptors (Lipinski definition) is 2. The first kappa shape index (κ1) is 9.63. The summed E-state index contributed by atoms with van der Waals surface area (Å²) in [7, 11) is 1.70. The molecule has 0 aliphatic carbocycles. The van der Waals surface area contributed by atoms with Crippen LogP contribution in [-0.4, -0.2) is 25.0 Å². The topological polar surface area (TPSA) is 21.6 Å². The molecule has 0 heterocycles. The van der Waals surface area contributed by atoms with Gasteiger partial charge in [0.1, 0.15) is 0 Å². The normalized spacial score (nSPS) is 13.9. The average molecular weight is 143 g/mol. The summed E-state index contributed by atoms with van der Waals surface area (Å²) < 4.78 is 5.22. The molecule has 0 saturated heterocycles. The summed E-state index contributed by atoms with van der Waals surface area (Å²) in [6, 6.07) is 0. The molecule has 0 N–H and O–H groups in total. The van der Waals surface area contributed by atoms with Gasteiger partial charge in [0.25, 0.3) is 0 Å². The highest BCUT2D eigenvalue weighted by Crippen LogP contribution is 2.09. The maximum atomic E-state index is 5.22. The molecule has 0 aromatic carbocycles. The summed E-state index contributed by atoms with van der Waals surface area (Å²) in [5, 5.41) is 0. The zero-order valence-electron chi connectivity index (χ0n) is 7.56. The lowest BCUT2D eigenvalue weighted by Crippen LogP contribution is -2.31. The third kappa shape index (κ3) is 2.48. The van der Waals surface area contributed by atoms with Gasteiger partial charge in [0, 0.05) is 19.4 Å². The maximum Gasteiger partial charge on any atom is 0.0994 e. The fourth-order valence-electron chi connectivity index (χ4n) is 0.575. The van der Waals surface area contributed by atoms with Crippen molar-refractivity contribution < 1.29 is 4.74 Å². The Morgan fingerprint density at radius 1 is 1.50 bits per heavy atom. The highest BCUT2D eigenvalue weighted by molar-refractivity contribution is 5.89. The van der Waals surface area contributed by atoms with Crippen molar-refractivity contribution in [2.75, 3.05) is 13.7 Å². The third-order valence-electron chi connectivity index (χ3n) is 1.78. The maximum absolute atomic E-state index is 5.22. The molecule has 0 aromatic heterocycles. The van der Waals surface area contributed by atoms with E-state index in [2.05, 4.69) is 4.99 Å². The van der Waals surface area contributed by atoms with Gasteiger partial charge in [0.05, 0.1) is 5.60 Å². The lowest BCUT2D eigenvalue weighted by atomic mass is 10.0. The molecular formula is C8H17NO. The van der Waals surface area contributed by atoms with Gasteiger partial charge in [-0.1, -0.05) is 0 Å². The first-order valence-corrected chi connectivity index (χ1v) is 3.61. The number of hydrogen-bond donors (Lipinski definition) is 0. The number of methoxy groups -OCH3 is 1. The van der Waals surface area contributed by atoms with Gasteiger partial charge in [-0.3, -0.25) is 4.99 Å². The Bertz CT molecular complexity index is 127. The van der Waals surface area contributed by atoms with Gasteiger partial charge in [-0.25, -0.2) is 0 Å². The molecule has 0 unspecified atom stereocenters. The Morgan fingerprint density at radius 3 is 2.30 bits per heavy atom. The van der Waals surface area contributed by atoms with E-state index in [9.17, 15) is 0 Å². The SMILES string of the molecule is CCN=C(C)C(C)(C)OC.